The van der Waals surface area contributed by atoms with Crippen LogP contribution in [0.4, 0.5) is 5.69 Å². The number of aliphatic hydroxyl groups is 1. The Bertz CT molecular complexity index is 433. The van der Waals surface area contributed by atoms with Crippen molar-refractivity contribution in [3.63, 3.8) is 0 Å². The molecule has 0 aliphatic rings. The third-order valence-electron chi connectivity index (χ3n) is 3.12. The largest absolute Gasteiger partial charge is 0.392 e. The number of anilines is 1. The molecule has 0 aromatic heterocycles. The molecule has 0 fully saturated rings. The number of carbonyl (C=O) groups excluding carboxylic acids is 1. The van der Waals surface area contributed by atoms with Gasteiger partial charge in [0.05, 0.1) is 13.2 Å². The quantitative estimate of drug-likeness (QED) is 0.871. The molecule has 1 aromatic carbocycles. The Kier molecular flexibility index (Phi) is 6.31. The van der Waals surface area contributed by atoms with Crippen LogP contribution in [0.1, 0.15) is 19.4 Å². The highest BCUT2D eigenvalue weighted by atomic mass is 79.9. The molecule has 0 aliphatic carbocycles. The number of benzene rings is 1. The molecule has 1 amide bonds. The maximum Gasteiger partial charge on any atom is 0.242 e. The Balaban J connectivity index is 2.85. The molecular weight excluding hydrogens is 308 g/mol. The predicted octanol–water partition coefficient (Wildman–Crippen LogP) is 2.25. The SMILES string of the molecule is CCN(CC)C(=O)CN(C)c1cc(Br)ccc1CO. The van der Waals surface area contributed by atoms with Crippen molar-refractivity contribution in [1.29, 1.82) is 0 Å². The van der Waals surface area contributed by atoms with E-state index in [-0.39, 0.29) is 12.5 Å². The first-order valence-electron chi connectivity index (χ1n) is 6.41. The van der Waals surface area contributed by atoms with Gasteiger partial charge < -0.3 is 14.9 Å². The Morgan fingerprint density at radius 3 is 2.47 bits per heavy atom. The highest BCUT2D eigenvalue weighted by Gasteiger charge is 2.15. The van der Waals surface area contributed by atoms with Crippen molar-refractivity contribution < 1.29 is 9.90 Å². The van der Waals surface area contributed by atoms with Crippen molar-refractivity contribution in [2.75, 3.05) is 31.6 Å². The molecule has 0 aliphatic heterocycles. The van der Waals surface area contributed by atoms with Gasteiger partial charge in [-0.05, 0) is 26.0 Å². The van der Waals surface area contributed by atoms with Crippen LogP contribution in [0.15, 0.2) is 22.7 Å². The summed E-state index contributed by atoms with van der Waals surface area (Å²) in [6.07, 6.45) is 0. The van der Waals surface area contributed by atoms with Gasteiger partial charge in [-0.3, -0.25) is 4.79 Å². The number of hydrogen-bond donors (Lipinski definition) is 1. The van der Waals surface area contributed by atoms with Crippen LogP contribution in [0.5, 0.6) is 0 Å². The summed E-state index contributed by atoms with van der Waals surface area (Å²) in [6.45, 7) is 5.65. The molecule has 0 bridgehead atoms. The highest BCUT2D eigenvalue weighted by molar-refractivity contribution is 9.10. The molecule has 1 N–H and O–H groups in total. The predicted molar refractivity (Wildman–Crippen MR) is 81.3 cm³/mol. The first kappa shape index (κ1) is 16.0. The zero-order chi connectivity index (χ0) is 14.4. The summed E-state index contributed by atoms with van der Waals surface area (Å²) in [5, 5.41) is 9.36. The van der Waals surface area contributed by atoms with Crippen LogP contribution in [0.3, 0.4) is 0 Å². The summed E-state index contributed by atoms with van der Waals surface area (Å²) in [5.41, 5.74) is 1.69. The lowest BCUT2D eigenvalue weighted by molar-refractivity contribution is -0.129. The van der Waals surface area contributed by atoms with E-state index >= 15 is 0 Å². The fraction of sp³-hybridized carbons (Fsp3) is 0.500. The van der Waals surface area contributed by atoms with Gasteiger partial charge in [-0.1, -0.05) is 22.0 Å². The lowest BCUT2D eigenvalue weighted by Gasteiger charge is -2.26. The zero-order valence-corrected chi connectivity index (χ0v) is 13.3. The maximum absolute atomic E-state index is 12.1. The molecule has 1 rings (SSSR count). The molecule has 0 saturated heterocycles. The summed E-state index contributed by atoms with van der Waals surface area (Å²) >= 11 is 3.41. The van der Waals surface area contributed by atoms with Gasteiger partial charge in [-0.15, -0.1) is 0 Å². The Morgan fingerprint density at radius 2 is 1.95 bits per heavy atom. The van der Waals surface area contributed by atoms with Gasteiger partial charge in [0.25, 0.3) is 0 Å². The number of rotatable bonds is 6. The molecule has 5 heteroatoms. The van der Waals surface area contributed by atoms with Crippen molar-refractivity contribution in [3.05, 3.63) is 28.2 Å². The second-order valence-corrected chi connectivity index (χ2v) is 5.27. The first-order chi connectivity index (χ1) is 9.03. The van der Waals surface area contributed by atoms with E-state index in [1.54, 1.807) is 4.90 Å². The van der Waals surface area contributed by atoms with Crippen molar-refractivity contribution >= 4 is 27.5 Å². The Hall–Kier alpha value is -1.07. The topological polar surface area (TPSA) is 43.8 Å². The third-order valence-corrected chi connectivity index (χ3v) is 3.61. The van der Waals surface area contributed by atoms with E-state index in [1.807, 2.05) is 44.0 Å². The molecular formula is C14H21BrN2O2. The summed E-state index contributed by atoms with van der Waals surface area (Å²) in [4.78, 5) is 15.8. The summed E-state index contributed by atoms with van der Waals surface area (Å²) in [6, 6.07) is 5.66. The molecule has 4 nitrogen and oxygen atoms in total. The molecule has 19 heavy (non-hydrogen) atoms. The minimum absolute atomic E-state index is 0.0353. The average Bonchev–Trinajstić information content (AvgIpc) is 2.40. The molecule has 0 saturated carbocycles. The summed E-state index contributed by atoms with van der Waals surface area (Å²) in [5.74, 6) is 0.0939. The fourth-order valence-corrected chi connectivity index (χ4v) is 2.34. The molecule has 0 spiro atoms. The van der Waals surface area contributed by atoms with Crippen LogP contribution in [-0.4, -0.2) is 42.6 Å². The molecule has 0 heterocycles. The minimum atomic E-state index is -0.0353. The number of halogens is 1. The monoisotopic (exact) mass is 328 g/mol. The number of carbonyl (C=O) groups is 1. The molecule has 0 radical (unpaired) electrons. The number of nitrogens with zero attached hydrogens (tertiary/aromatic N) is 2. The smallest absolute Gasteiger partial charge is 0.242 e. The van der Waals surface area contributed by atoms with Crippen molar-refractivity contribution in [3.8, 4) is 0 Å². The van der Waals surface area contributed by atoms with E-state index in [0.29, 0.717) is 19.6 Å². The van der Waals surface area contributed by atoms with Crippen LogP contribution in [0, 0.1) is 0 Å². The molecule has 106 valence electrons. The molecule has 1 aromatic rings. The van der Waals surface area contributed by atoms with E-state index in [1.165, 1.54) is 0 Å². The van der Waals surface area contributed by atoms with Crippen molar-refractivity contribution in [1.82, 2.24) is 4.90 Å². The van der Waals surface area contributed by atoms with E-state index < -0.39 is 0 Å². The lowest BCUT2D eigenvalue weighted by Crippen LogP contribution is -2.39. The van der Waals surface area contributed by atoms with Crippen LogP contribution in [-0.2, 0) is 11.4 Å². The second-order valence-electron chi connectivity index (χ2n) is 4.35. The third kappa shape index (κ3) is 4.21. The summed E-state index contributed by atoms with van der Waals surface area (Å²) < 4.78 is 0.932. The van der Waals surface area contributed by atoms with Gasteiger partial charge in [0, 0.05) is 35.9 Å². The van der Waals surface area contributed by atoms with E-state index in [9.17, 15) is 9.90 Å². The van der Waals surface area contributed by atoms with Crippen LogP contribution in [0.2, 0.25) is 0 Å². The van der Waals surface area contributed by atoms with E-state index in [2.05, 4.69) is 15.9 Å². The maximum atomic E-state index is 12.1. The lowest BCUT2D eigenvalue weighted by atomic mass is 10.1. The Labute approximate surface area is 123 Å². The number of likely N-dealkylation sites (N-methyl/N-ethyl adjacent to an activating group) is 2. The van der Waals surface area contributed by atoms with Crippen LogP contribution >= 0.6 is 15.9 Å². The normalized spacial score (nSPS) is 10.4. The standard InChI is InChI=1S/C14H21BrN2O2/c1-4-17(5-2)14(19)9-16(3)13-8-12(15)7-6-11(13)10-18/h6-8,18H,4-5,9-10H2,1-3H3. The van der Waals surface area contributed by atoms with Gasteiger partial charge in [-0.2, -0.15) is 0 Å². The van der Waals surface area contributed by atoms with E-state index in [4.69, 9.17) is 0 Å². The van der Waals surface area contributed by atoms with Crippen LogP contribution < -0.4 is 4.90 Å². The van der Waals surface area contributed by atoms with Crippen LogP contribution in [0.25, 0.3) is 0 Å². The molecule has 0 unspecified atom stereocenters. The zero-order valence-electron chi connectivity index (χ0n) is 11.7. The van der Waals surface area contributed by atoms with Gasteiger partial charge in [-0.25, -0.2) is 0 Å². The Morgan fingerprint density at radius 1 is 1.32 bits per heavy atom. The van der Waals surface area contributed by atoms with Gasteiger partial charge in [0.15, 0.2) is 0 Å². The highest BCUT2D eigenvalue weighted by Crippen LogP contribution is 2.24. The van der Waals surface area contributed by atoms with Crippen molar-refractivity contribution in [2.24, 2.45) is 0 Å². The fourth-order valence-electron chi connectivity index (χ4n) is 1.99. The molecule has 0 atom stereocenters. The number of aliphatic hydroxyl groups excluding tert-OH is 1. The van der Waals surface area contributed by atoms with Crippen molar-refractivity contribution in [2.45, 2.75) is 20.5 Å². The average molecular weight is 329 g/mol. The van der Waals surface area contributed by atoms with Gasteiger partial charge >= 0.3 is 0 Å². The second kappa shape index (κ2) is 7.50. The first-order valence-corrected chi connectivity index (χ1v) is 7.20. The number of amides is 1. The van der Waals surface area contributed by atoms with Gasteiger partial charge in [0.2, 0.25) is 5.91 Å². The number of hydrogen-bond acceptors (Lipinski definition) is 3. The summed E-state index contributed by atoms with van der Waals surface area (Å²) in [7, 11) is 1.86. The minimum Gasteiger partial charge on any atom is -0.392 e. The van der Waals surface area contributed by atoms with Gasteiger partial charge in [0.1, 0.15) is 0 Å². The van der Waals surface area contributed by atoms with E-state index in [0.717, 1.165) is 15.7 Å².